The molecular formula is C27H32N2O5. The monoisotopic (exact) mass is 464 g/mol. The van der Waals surface area contributed by atoms with Crippen LogP contribution in [0.2, 0.25) is 0 Å². The fraction of sp³-hybridized carbons (Fsp3) is 0.444. The smallest absolute Gasteiger partial charge is 0.407 e. The van der Waals surface area contributed by atoms with Crippen LogP contribution in [-0.2, 0) is 14.3 Å². The number of ether oxygens (including phenoxy) is 1. The summed E-state index contributed by atoms with van der Waals surface area (Å²) in [7, 11) is 0. The predicted octanol–water partition coefficient (Wildman–Crippen LogP) is 4.45. The molecule has 0 bridgehead atoms. The number of fused-ring (bicyclic) bond motifs is 3. The first-order valence-electron chi connectivity index (χ1n) is 12.1. The normalized spacial score (nSPS) is 20.4. The van der Waals surface area contributed by atoms with Gasteiger partial charge >= 0.3 is 12.1 Å². The van der Waals surface area contributed by atoms with E-state index in [4.69, 9.17) is 9.84 Å². The number of hydrogen-bond acceptors (Lipinski definition) is 4. The minimum atomic E-state index is -0.957. The fourth-order valence-corrected chi connectivity index (χ4v) is 5.25. The Morgan fingerprint density at radius 3 is 2.24 bits per heavy atom. The first kappa shape index (κ1) is 23.8. The summed E-state index contributed by atoms with van der Waals surface area (Å²) < 4.78 is 5.69. The second kappa shape index (κ2) is 10.7. The van der Waals surface area contributed by atoms with Gasteiger partial charge in [-0.25, -0.2) is 4.79 Å². The van der Waals surface area contributed by atoms with Crippen molar-refractivity contribution in [3.63, 3.8) is 0 Å². The van der Waals surface area contributed by atoms with Crippen LogP contribution in [0.25, 0.3) is 11.1 Å². The zero-order valence-corrected chi connectivity index (χ0v) is 19.5. The van der Waals surface area contributed by atoms with Crippen LogP contribution in [0, 0.1) is 5.92 Å². The van der Waals surface area contributed by atoms with Crippen LogP contribution in [-0.4, -0.2) is 41.8 Å². The SMILES string of the molecule is C[C@@H](CC(=O)O)NC(=O)C1CCCCCC1NC(=O)OCC1c2ccccc2-c2ccccc21. The second-order valence-electron chi connectivity index (χ2n) is 9.33. The molecule has 3 atom stereocenters. The maximum absolute atomic E-state index is 12.9. The Kier molecular flexibility index (Phi) is 7.50. The van der Waals surface area contributed by atoms with Crippen LogP contribution < -0.4 is 10.6 Å². The first-order chi connectivity index (χ1) is 16.4. The molecule has 3 N–H and O–H groups in total. The molecule has 1 fully saturated rings. The van der Waals surface area contributed by atoms with E-state index in [0.29, 0.717) is 12.8 Å². The van der Waals surface area contributed by atoms with E-state index in [9.17, 15) is 14.4 Å². The van der Waals surface area contributed by atoms with E-state index in [1.165, 1.54) is 11.1 Å². The Morgan fingerprint density at radius 1 is 0.971 bits per heavy atom. The van der Waals surface area contributed by atoms with E-state index >= 15 is 0 Å². The highest BCUT2D eigenvalue weighted by Crippen LogP contribution is 2.44. The third kappa shape index (κ3) is 5.41. The molecule has 2 aliphatic rings. The van der Waals surface area contributed by atoms with Crippen LogP contribution in [0.3, 0.4) is 0 Å². The molecule has 2 amide bonds. The Bertz CT molecular complexity index is 1010. The van der Waals surface area contributed by atoms with Crippen molar-refractivity contribution in [3.8, 4) is 11.1 Å². The van der Waals surface area contributed by atoms with Crippen LogP contribution in [0.4, 0.5) is 4.79 Å². The lowest BCUT2D eigenvalue weighted by atomic mass is 9.93. The zero-order chi connectivity index (χ0) is 24.1. The van der Waals surface area contributed by atoms with E-state index in [1.807, 2.05) is 24.3 Å². The molecule has 2 aromatic carbocycles. The maximum Gasteiger partial charge on any atom is 0.407 e. The Labute approximate surface area is 199 Å². The third-order valence-electron chi connectivity index (χ3n) is 6.87. The molecule has 180 valence electrons. The summed E-state index contributed by atoms with van der Waals surface area (Å²) in [6.07, 6.45) is 3.50. The Hall–Kier alpha value is -3.35. The second-order valence-corrected chi connectivity index (χ2v) is 9.33. The van der Waals surface area contributed by atoms with E-state index in [-0.39, 0.29) is 30.9 Å². The number of nitrogens with one attached hydrogen (secondary N) is 2. The van der Waals surface area contributed by atoms with Crippen molar-refractivity contribution in [2.24, 2.45) is 5.92 Å². The molecule has 2 unspecified atom stereocenters. The molecule has 0 aromatic heterocycles. The quantitative estimate of drug-likeness (QED) is 0.525. The van der Waals surface area contributed by atoms with Crippen LogP contribution in [0.5, 0.6) is 0 Å². The van der Waals surface area contributed by atoms with Crippen LogP contribution in [0.1, 0.15) is 62.5 Å². The minimum absolute atomic E-state index is 0.0248. The molecule has 1 saturated carbocycles. The fourth-order valence-electron chi connectivity index (χ4n) is 5.25. The number of benzene rings is 2. The van der Waals surface area contributed by atoms with E-state index < -0.39 is 24.0 Å². The Morgan fingerprint density at radius 2 is 1.59 bits per heavy atom. The van der Waals surface area contributed by atoms with Gasteiger partial charge in [-0.3, -0.25) is 9.59 Å². The van der Waals surface area contributed by atoms with Gasteiger partial charge in [-0.2, -0.15) is 0 Å². The van der Waals surface area contributed by atoms with Gasteiger partial charge in [0.1, 0.15) is 6.61 Å². The maximum atomic E-state index is 12.9. The average Bonchev–Trinajstić information content (AvgIpc) is 2.94. The molecule has 0 aliphatic heterocycles. The van der Waals surface area contributed by atoms with Gasteiger partial charge in [-0.05, 0) is 42.0 Å². The molecule has 0 saturated heterocycles. The van der Waals surface area contributed by atoms with Crippen molar-refractivity contribution in [1.29, 1.82) is 0 Å². The summed E-state index contributed by atoms with van der Waals surface area (Å²) >= 11 is 0. The van der Waals surface area contributed by atoms with Gasteiger partial charge in [-0.15, -0.1) is 0 Å². The van der Waals surface area contributed by atoms with Gasteiger partial charge < -0.3 is 20.5 Å². The molecule has 7 nitrogen and oxygen atoms in total. The lowest BCUT2D eigenvalue weighted by Gasteiger charge is -2.26. The number of aliphatic carboxylic acids is 1. The van der Waals surface area contributed by atoms with Crippen molar-refractivity contribution < 1.29 is 24.2 Å². The average molecular weight is 465 g/mol. The lowest BCUT2D eigenvalue weighted by Crippen LogP contribution is -2.48. The van der Waals surface area contributed by atoms with E-state index in [0.717, 1.165) is 30.4 Å². The number of alkyl carbamates (subject to hydrolysis) is 1. The highest BCUT2D eigenvalue weighted by atomic mass is 16.5. The van der Waals surface area contributed by atoms with Crippen LogP contribution >= 0.6 is 0 Å². The number of carbonyl (C=O) groups is 3. The molecule has 0 heterocycles. The van der Waals surface area contributed by atoms with Gasteiger partial charge in [0.05, 0.1) is 12.3 Å². The number of amides is 2. The van der Waals surface area contributed by atoms with Gasteiger partial charge in [0.15, 0.2) is 0 Å². The topological polar surface area (TPSA) is 105 Å². The largest absolute Gasteiger partial charge is 0.481 e. The molecule has 2 aliphatic carbocycles. The molecule has 2 aromatic rings. The summed E-state index contributed by atoms with van der Waals surface area (Å²) in [6.45, 7) is 1.90. The van der Waals surface area contributed by atoms with Crippen molar-refractivity contribution in [2.45, 2.75) is 63.5 Å². The number of carboxylic acid groups (broad SMARTS) is 1. The molecule has 34 heavy (non-hydrogen) atoms. The minimum Gasteiger partial charge on any atom is -0.481 e. The van der Waals surface area contributed by atoms with Crippen molar-refractivity contribution in [3.05, 3.63) is 59.7 Å². The van der Waals surface area contributed by atoms with Crippen LogP contribution in [0.15, 0.2) is 48.5 Å². The highest BCUT2D eigenvalue weighted by Gasteiger charge is 2.33. The van der Waals surface area contributed by atoms with E-state index in [2.05, 4.69) is 34.9 Å². The van der Waals surface area contributed by atoms with Gasteiger partial charge in [0.2, 0.25) is 5.91 Å². The van der Waals surface area contributed by atoms with Gasteiger partial charge in [0, 0.05) is 18.0 Å². The number of carbonyl (C=O) groups excluding carboxylic acids is 2. The summed E-state index contributed by atoms with van der Waals surface area (Å²) in [5.41, 5.74) is 4.64. The lowest BCUT2D eigenvalue weighted by molar-refractivity contribution is -0.137. The molecule has 0 spiro atoms. The van der Waals surface area contributed by atoms with Crippen molar-refractivity contribution in [1.82, 2.24) is 10.6 Å². The molecule has 0 radical (unpaired) electrons. The van der Waals surface area contributed by atoms with Gasteiger partial charge in [-0.1, -0.05) is 67.8 Å². The molecule has 7 heteroatoms. The van der Waals surface area contributed by atoms with Crippen molar-refractivity contribution in [2.75, 3.05) is 6.61 Å². The summed E-state index contributed by atoms with van der Waals surface area (Å²) in [4.78, 5) is 36.6. The number of hydrogen-bond donors (Lipinski definition) is 3. The summed E-state index contributed by atoms with van der Waals surface area (Å²) in [5, 5.41) is 14.7. The number of rotatable bonds is 7. The summed E-state index contributed by atoms with van der Waals surface area (Å²) in [5.74, 6) is -1.59. The van der Waals surface area contributed by atoms with Gasteiger partial charge in [0.25, 0.3) is 0 Å². The zero-order valence-electron chi connectivity index (χ0n) is 19.5. The molecule has 4 rings (SSSR count). The van der Waals surface area contributed by atoms with E-state index in [1.54, 1.807) is 6.92 Å². The highest BCUT2D eigenvalue weighted by molar-refractivity contribution is 5.82. The molecular weight excluding hydrogens is 432 g/mol. The predicted molar refractivity (Wildman–Crippen MR) is 128 cm³/mol. The number of carboxylic acids is 1. The summed E-state index contributed by atoms with van der Waals surface area (Å²) in [6, 6.07) is 15.5. The first-order valence-corrected chi connectivity index (χ1v) is 12.1. The third-order valence-corrected chi connectivity index (χ3v) is 6.87. The Balaban J connectivity index is 1.39. The standard InChI is InChI=1S/C27H32N2O5/c1-17(15-25(30)31)28-26(32)22-13-3-2-4-14-24(22)29-27(33)34-16-23-20-11-7-5-9-18(20)19-10-6-8-12-21(19)23/h5-12,17,22-24H,2-4,13-16H2,1H3,(H,28,32)(H,29,33)(H,30,31)/t17-,22?,24?/m0/s1. The van der Waals surface area contributed by atoms with Crippen molar-refractivity contribution >= 4 is 18.0 Å².